The third-order valence-corrected chi connectivity index (χ3v) is 17.9. The van der Waals surface area contributed by atoms with E-state index in [4.69, 9.17) is 0 Å². The van der Waals surface area contributed by atoms with Crippen molar-refractivity contribution < 1.29 is 39.0 Å². The molecule has 88 heavy (non-hydrogen) atoms. The highest BCUT2D eigenvalue weighted by molar-refractivity contribution is 7.98. The van der Waals surface area contributed by atoms with E-state index < -0.39 is 24.0 Å². The fourth-order valence-electron chi connectivity index (χ4n) is 11.1. The van der Waals surface area contributed by atoms with Gasteiger partial charge in [0.2, 0.25) is 23.6 Å². The largest absolute Gasteiger partial charge is 0.480 e. The van der Waals surface area contributed by atoms with E-state index in [1.165, 1.54) is 0 Å². The molecule has 0 bridgehead atoms. The topological polar surface area (TPSA) is 218 Å². The second-order valence-corrected chi connectivity index (χ2v) is 24.9. The van der Waals surface area contributed by atoms with E-state index in [2.05, 4.69) is 131 Å². The predicted molar refractivity (Wildman–Crippen MR) is 360 cm³/mol. The zero-order chi connectivity index (χ0) is 63.0. The van der Waals surface area contributed by atoms with Crippen molar-refractivity contribution in [3.8, 4) is 0 Å². The Balaban J connectivity index is 0.000000251. The molecule has 0 aliphatic heterocycles. The van der Waals surface area contributed by atoms with Crippen molar-refractivity contribution in [2.45, 2.75) is 116 Å². The zero-order valence-corrected chi connectivity index (χ0v) is 53.3. The van der Waals surface area contributed by atoms with E-state index in [1.54, 1.807) is 23.5 Å². The Morgan fingerprint density at radius 3 is 1.48 bits per heavy atom. The Labute approximate surface area is 526 Å². The Morgan fingerprint density at radius 1 is 0.523 bits per heavy atom. The summed E-state index contributed by atoms with van der Waals surface area (Å²) in [5.41, 5.74) is 5.41. The smallest absolute Gasteiger partial charge is 0.326 e. The Morgan fingerprint density at radius 2 is 0.977 bits per heavy atom. The van der Waals surface area contributed by atoms with E-state index in [-0.39, 0.29) is 60.6 Å². The summed E-state index contributed by atoms with van der Waals surface area (Å²) in [6, 6.07) is 44.6. The molecule has 8 rings (SSSR count). The number of carboxylic acids is 2. The van der Waals surface area contributed by atoms with Crippen molar-refractivity contribution in [1.29, 1.82) is 0 Å². The summed E-state index contributed by atoms with van der Waals surface area (Å²) in [5.74, 6) is -1.21. The number of benzene rings is 6. The van der Waals surface area contributed by atoms with Crippen molar-refractivity contribution in [1.82, 2.24) is 40.6 Å². The van der Waals surface area contributed by atoms with Crippen molar-refractivity contribution in [2.24, 2.45) is 11.8 Å². The van der Waals surface area contributed by atoms with Gasteiger partial charge in [-0.05, 0) is 117 Å². The van der Waals surface area contributed by atoms with Crippen LogP contribution in [0.25, 0.3) is 43.4 Å². The highest BCUT2D eigenvalue weighted by Gasteiger charge is 2.28. The molecule has 0 fully saturated rings. The Kier molecular flexibility index (Phi) is 26.8. The number of rotatable bonds is 34. The van der Waals surface area contributed by atoms with E-state index in [9.17, 15) is 39.0 Å². The van der Waals surface area contributed by atoms with Gasteiger partial charge in [0.05, 0.1) is 13.1 Å². The summed E-state index contributed by atoms with van der Waals surface area (Å²) in [5, 5.41) is 38.1. The van der Waals surface area contributed by atoms with Gasteiger partial charge in [-0.2, -0.15) is 23.5 Å². The van der Waals surface area contributed by atoms with Gasteiger partial charge in [-0.1, -0.05) is 162 Å². The summed E-state index contributed by atoms with van der Waals surface area (Å²) in [6.45, 7) is 10.9. The molecule has 0 unspecified atom stereocenters. The summed E-state index contributed by atoms with van der Waals surface area (Å²) in [6.07, 6.45) is 11.6. The van der Waals surface area contributed by atoms with Crippen LogP contribution in [0, 0.1) is 11.8 Å². The lowest BCUT2D eigenvalue weighted by molar-refractivity contribution is -0.142. The quantitative estimate of drug-likeness (QED) is 0.0200. The molecule has 4 amide bonds. The average molecular weight is 1230 g/mol. The summed E-state index contributed by atoms with van der Waals surface area (Å²) >= 11 is 3.09. The first-order valence-electron chi connectivity index (χ1n) is 30.6. The van der Waals surface area contributed by atoms with Gasteiger partial charge in [0.1, 0.15) is 12.1 Å². The monoisotopic (exact) mass is 1230 g/mol. The Bertz CT molecular complexity index is 3330. The fraction of sp³-hybridized carbons (Fsp3) is 0.400. The van der Waals surface area contributed by atoms with Crippen LogP contribution in [0.5, 0.6) is 0 Å². The highest BCUT2D eigenvalue weighted by Crippen LogP contribution is 2.25. The molecule has 6 aromatic carbocycles. The van der Waals surface area contributed by atoms with Gasteiger partial charge in [0, 0.05) is 86.5 Å². The number of aliphatic carboxylic acids is 2. The number of aryl methyl sites for hydroxylation is 2. The SMILES string of the molecule is CC[C@H](C)[C@@H](CN(CC(=O)N[C@@H](CCSC)C(=O)O)Cc1cccc2ccccc12)NC(=O)CCc1c[nH]c2ccccc12.CC[C@H](C)[C@@H](CN(CC(=O)N[C@@H](CCSC)C(=O)O)Cc1cccc2ccccc12)NC(=O)CCn1ccc2ccccc21. The van der Waals surface area contributed by atoms with Crippen LogP contribution >= 0.6 is 23.5 Å². The van der Waals surface area contributed by atoms with E-state index in [0.717, 1.165) is 72.9 Å². The van der Waals surface area contributed by atoms with E-state index in [0.29, 0.717) is 76.3 Å². The molecular formula is C70H88N8O8S2. The van der Waals surface area contributed by atoms with Gasteiger partial charge in [-0.15, -0.1) is 0 Å². The van der Waals surface area contributed by atoms with Crippen LogP contribution in [-0.2, 0) is 54.8 Å². The minimum absolute atomic E-state index is 0.0183. The van der Waals surface area contributed by atoms with Crippen LogP contribution < -0.4 is 21.3 Å². The van der Waals surface area contributed by atoms with Gasteiger partial charge in [-0.3, -0.25) is 29.0 Å². The van der Waals surface area contributed by atoms with Crippen molar-refractivity contribution in [3.05, 3.63) is 169 Å². The molecule has 2 heterocycles. The lowest BCUT2D eigenvalue weighted by atomic mass is 9.97. The average Bonchev–Trinajstić information content (AvgIpc) is 3.24. The number of carboxylic acid groups (broad SMARTS) is 2. The molecule has 0 radical (unpaired) electrons. The second-order valence-electron chi connectivity index (χ2n) is 22.9. The molecule has 2 aromatic heterocycles. The molecule has 468 valence electrons. The lowest BCUT2D eigenvalue weighted by Crippen LogP contribution is -2.51. The molecule has 0 saturated carbocycles. The van der Waals surface area contributed by atoms with Crippen LogP contribution in [0.15, 0.2) is 152 Å². The van der Waals surface area contributed by atoms with Crippen LogP contribution in [0.2, 0.25) is 0 Å². The standard InChI is InChI=1S/2C35H44N4O4S/c1-4-25(2)31(37-33(40)17-20-39-19-16-27-11-6-8-15-32(27)39)23-38(24-34(41)36-30(35(42)43)18-21-44-3)22-28-13-9-12-26-10-5-7-14-29(26)28;1-4-24(2)32(38-33(40)17-16-26-20-36-30-15-8-7-14-29(26)30)22-39(23-34(41)37-31(35(42)43)18-19-44-3)21-27-12-9-11-25-10-5-6-13-28(25)27/h5-16,19,25,30-31H,4,17-18,20-24H2,1-3H3,(H,36,41)(H,37,40)(H,42,43);5-15,20,24,31-32,36H,4,16-19,21-23H2,1-3H3,(H,37,41)(H,38,40)(H,42,43)/t25-,30-,31+;24-,31-,32+/m00/s1. The number of nitrogens with zero attached hydrogens (tertiary/aromatic N) is 3. The fourth-order valence-corrected chi connectivity index (χ4v) is 12.1. The maximum absolute atomic E-state index is 13.3. The molecule has 0 aliphatic carbocycles. The highest BCUT2D eigenvalue weighted by atomic mass is 32.2. The molecule has 0 saturated heterocycles. The second kappa shape index (κ2) is 34.8. The van der Waals surface area contributed by atoms with E-state index in [1.807, 2.05) is 101 Å². The number of fused-ring (bicyclic) bond motifs is 4. The van der Waals surface area contributed by atoms with Crippen LogP contribution in [-0.4, -0.2) is 139 Å². The molecule has 0 aliphatic rings. The molecular weight excluding hydrogens is 1140 g/mol. The summed E-state index contributed by atoms with van der Waals surface area (Å²) < 4.78 is 2.10. The number of nitrogens with one attached hydrogen (secondary N) is 5. The normalized spacial score (nSPS) is 13.5. The van der Waals surface area contributed by atoms with E-state index >= 15 is 0 Å². The maximum Gasteiger partial charge on any atom is 0.326 e. The van der Waals surface area contributed by atoms with Gasteiger partial charge in [0.25, 0.3) is 0 Å². The number of amides is 4. The van der Waals surface area contributed by atoms with Crippen molar-refractivity contribution in [3.63, 3.8) is 0 Å². The first kappa shape index (κ1) is 67.9. The summed E-state index contributed by atoms with van der Waals surface area (Å²) in [7, 11) is 0. The summed E-state index contributed by atoms with van der Waals surface area (Å²) in [4.78, 5) is 84.0. The predicted octanol–water partition coefficient (Wildman–Crippen LogP) is 11.1. The van der Waals surface area contributed by atoms with Crippen molar-refractivity contribution in [2.75, 3.05) is 50.2 Å². The number of para-hydroxylation sites is 2. The van der Waals surface area contributed by atoms with Gasteiger partial charge >= 0.3 is 11.9 Å². The number of carbonyl (C=O) groups is 6. The number of aromatic amines is 1. The van der Waals surface area contributed by atoms with Gasteiger partial charge in [0.15, 0.2) is 0 Å². The maximum atomic E-state index is 13.3. The van der Waals surface area contributed by atoms with Gasteiger partial charge in [-0.25, -0.2) is 9.59 Å². The molecule has 7 N–H and O–H groups in total. The first-order chi connectivity index (χ1) is 42.6. The van der Waals surface area contributed by atoms with Crippen LogP contribution in [0.3, 0.4) is 0 Å². The Hall–Kier alpha value is -7.64. The number of carbonyl (C=O) groups excluding carboxylic acids is 4. The first-order valence-corrected chi connectivity index (χ1v) is 33.4. The van der Waals surface area contributed by atoms with Crippen LogP contribution in [0.4, 0.5) is 0 Å². The number of thioether (sulfide) groups is 2. The molecule has 6 atom stereocenters. The number of hydrogen-bond donors (Lipinski definition) is 7. The number of H-pyrrole nitrogens is 1. The molecule has 18 heteroatoms. The lowest BCUT2D eigenvalue weighted by Gasteiger charge is -2.31. The molecule has 16 nitrogen and oxygen atoms in total. The molecule has 8 aromatic rings. The van der Waals surface area contributed by atoms with Crippen molar-refractivity contribution >= 4 is 102 Å². The minimum atomic E-state index is -1.03. The van der Waals surface area contributed by atoms with Crippen LogP contribution in [0.1, 0.15) is 82.9 Å². The minimum Gasteiger partial charge on any atom is -0.480 e. The number of aromatic nitrogens is 2. The van der Waals surface area contributed by atoms with Gasteiger partial charge < -0.3 is 41.0 Å². The zero-order valence-electron chi connectivity index (χ0n) is 51.7. The molecule has 0 spiro atoms. The third kappa shape index (κ3) is 20.2. The third-order valence-electron chi connectivity index (χ3n) is 16.6. The number of hydrogen-bond acceptors (Lipinski definition) is 10.